The summed E-state index contributed by atoms with van der Waals surface area (Å²) < 4.78 is 22.2. The summed E-state index contributed by atoms with van der Waals surface area (Å²) in [5.41, 5.74) is 0. The van der Waals surface area contributed by atoms with Gasteiger partial charge in [-0.2, -0.15) is 4.31 Å². The van der Waals surface area contributed by atoms with Crippen LogP contribution in [0.15, 0.2) is 0 Å². The fourth-order valence-electron chi connectivity index (χ4n) is 0.352. The van der Waals surface area contributed by atoms with Crippen LogP contribution in [0.4, 0.5) is 0 Å². The molecule has 0 aliphatic rings. The van der Waals surface area contributed by atoms with Crippen molar-refractivity contribution in [3.8, 4) is 0 Å². The summed E-state index contributed by atoms with van der Waals surface area (Å²) in [5, 5.41) is 15.8. The average molecular weight is 296 g/mol. The molecule has 0 radical (unpaired) electrons. The van der Waals surface area contributed by atoms with Crippen LogP contribution in [0.2, 0.25) is 0 Å². The predicted octanol–water partition coefficient (Wildman–Crippen LogP) is -0.876. The van der Waals surface area contributed by atoms with Gasteiger partial charge in [0.25, 0.3) is 0 Å². The number of aliphatic carboxylic acids is 2. The monoisotopic (exact) mass is 296 g/mol. The lowest BCUT2D eigenvalue weighted by Gasteiger charge is -2.03. The number of carboxylic acids is 2. The molecule has 11 nitrogen and oxygen atoms in total. The molecule has 102 valence electrons. The third-order valence-electron chi connectivity index (χ3n) is 0.765. The lowest BCUT2D eigenvalue weighted by Crippen LogP contribution is -2.00. The van der Waals surface area contributed by atoms with E-state index >= 15 is 0 Å². The van der Waals surface area contributed by atoms with Gasteiger partial charge in [-0.15, -0.1) is 0 Å². The molecule has 0 rings (SSSR count). The Hall–Kier alpha value is -0.800. The van der Waals surface area contributed by atoms with Crippen molar-refractivity contribution >= 4 is 27.6 Å². The van der Waals surface area contributed by atoms with Crippen LogP contribution < -0.4 is 0 Å². The van der Waals surface area contributed by atoms with Crippen molar-refractivity contribution in [2.75, 3.05) is 0 Å². The van der Waals surface area contributed by atoms with E-state index in [1.807, 2.05) is 0 Å². The van der Waals surface area contributed by atoms with E-state index < -0.39 is 27.6 Å². The average Bonchev–Trinajstić information content (AvgIpc) is 1.94. The van der Waals surface area contributed by atoms with Crippen molar-refractivity contribution in [2.24, 2.45) is 0 Å². The smallest absolute Gasteiger partial charge is 0.478 e. The molecule has 0 unspecified atom stereocenters. The number of hydrogen-bond donors (Lipinski definition) is 6. The molecule has 0 aliphatic carbocycles. The summed E-state index contributed by atoms with van der Waals surface area (Å²) in [6.45, 7) is 0. The third-order valence-corrected chi connectivity index (χ3v) is 2.47. The van der Waals surface area contributed by atoms with E-state index in [2.05, 4.69) is 4.31 Å². The third kappa shape index (κ3) is 25.5. The summed E-state index contributed by atoms with van der Waals surface area (Å²) in [7, 11) is -10.1. The minimum Gasteiger partial charge on any atom is -0.481 e. The minimum atomic E-state index is -5.05. The lowest BCUT2D eigenvalue weighted by molar-refractivity contribution is -0.143. The molecule has 0 aromatic carbocycles. The Morgan fingerprint density at radius 2 is 1.06 bits per heavy atom. The van der Waals surface area contributed by atoms with E-state index in [-0.39, 0.29) is 12.8 Å². The lowest BCUT2D eigenvalue weighted by atomic mass is 10.3. The quantitative estimate of drug-likeness (QED) is 0.344. The first kappa shape index (κ1) is 18.6. The molecule has 0 aliphatic heterocycles. The number of rotatable bonds is 5. The van der Waals surface area contributed by atoms with Crippen LogP contribution in [0.3, 0.4) is 0 Å². The molecule has 0 bridgehead atoms. The van der Waals surface area contributed by atoms with Gasteiger partial charge in [-0.3, -0.25) is 9.59 Å². The van der Waals surface area contributed by atoms with Gasteiger partial charge in [0.05, 0.1) is 12.8 Å². The molecule has 17 heavy (non-hydrogen) atoms. The highest BCUT2D eigenvalue weighted by Crippen LogP contribution is 2.53. The fraction of sp³-hybridized carbons (Fsp3) is 0.500. The summed E-state index contributed by atoms with van der Waals surface area (Å²) in [5.74, 6) is -2.15. The molecule has 0 aromatic heterocycles. The number of hydrogen-bond acceptors (Lipinski definition) is 5. The first-order valence-corrected chi connectivity index (χ1v) is 6.65. The molecule has 0 saturated heterocycles. The largest absolute Gasteiger partial charge is 0.481 e. The van der Waals surface area contributed by atoms with Crippen molar-refractivity contribution in [2.45, 2.75) is 12.8 Å². The molecule has 0 saturated carbocycles. The second-order valence-corrected chi connectivity index (χ2v) is 4.97. The Bertz CT molecular complexity index is 314. The van der Waals surface area contributed by atoms with Crippen molar-refractivity contribution in [1.29, 1.82) is 0 Å². The van der Waals surface area contributed by atoms with Gasteiger partial charge in [0.2, 0.25) is 0 Å². The van der Waals surface area contributed by atoms with Gasteiger partial charge in [-0.25, -0.2) is 9.13 Å². The Morgan fingerprint density at radius 1 is 0.824 bits per heavy atom. The number of phosphoric acid groups is 2. The standard InChI is InChI=1S/C4H6O4.H4O7P2/c5-3(6)1-2-4(7)8;1-8(2,3)7-9(4,5)6/h1-2H2,(H,5,6)(H,7,8);(H2,1,2,3)(H2,4,5,6). The van der Waals surface area contributed by atoms with Crippen LogP contribution in [0.1, 0.15) is 12.8 Å². The molecule has 0 aromatic rings. The maximum Gasteiger partial charge on any atom is 0.478 e. The van der Waals surface area contributed by atoms with Gasteiger partial charge >= 0.3 is 27.6 Å². The maximum atomic E-state index is 9.64. The number of carboxylic acid groups (broad SMARTS) is 2. The molecular formula is C4H10O11P2. The first-order chi connectivity index (χ1) is 7.33. The molecule has 0 atom stereocenters. The van der Waals surface area contributed by atoms with Crippen molar-refractivity contribution in [1.82, 2.24) is 0 Å². The molecule has 0 amide bonds. The molecule has 0 fully saturated rings. The highest BCUT2D eigenvalue weighted by atomic mass is 31.3. The van der Waals surface area contributed by atoms with Crippen LogP contribution in [0.5, 0.6) is 0 Å². The highest BCUT2D eigenvalue weighted by molar-refractivity contribution is 7.60. The van der Waals surface area contributed by atoms with Gasteiger partial charge in [-0.05, 0) is 0 Å². The van der Waals surface area contributed by atoms with E-state index in [9.17, 15) is 18.7 Å². The van der Waals surface area contributed by atoms with Crippen LogP contribution in [0.25, 0.3) is 0 Å². The Balaban J connectivity index is 0. The molecule has 6 N–H and O–H groups in total. The fourth-order valence-corrected chi connectivity index (χ4v) is 1.46. The Morgan fingerprint density at radius 3 is 1.12 bits per heavy atom. The van der Waals surface area contributed by atoms with Crippen molar-refractivity contribution in [3.05, 3.63) is 0 Å². The number of carbonyl (C=O) groups is 2. The summed E-state index contributed by atoms with van der Waals surface area (Å²) in [4.78, 5) is 50.3. The van der Waals surface area contributed by atoms with Crippen LogP contribution in [0, 0.1) is 0 Å². The van der Waals surface area contributed by atoms with Gasteiger partial charge in [0, 0.05) is 0 Å². The van der Waals surface area contributed by atoms with Gasteiger partial charge in [0.15, 0.2) is 0 Å². The second kappa shape index (κ2) is 7.51. The molecular weight excluding hydrogens is 286 g/mol. The summed E-state index contributed by atoms with van der Waals surface area (Å²) in [6, 6.07) is 0. The topological polar surface area (TPSA) is 199 Å². The highest BCUT2D eigenvalue weighted by Gasteiger charge is 2.27. The molecule has 0 spiro atoms. The van der Waals surface area contributed by atoms with E-state index in [0.29, 0.717) is 0 Å². The Labute approximate surface area is 94.1 Å². The minimum absolute atomic E-state index is 0.296. The van der Waals surface area contributed by atoms with E-state index in [4.69, 9.17) is 29.8 Å². The molecule has 0 heterocycles. The van der Waals surface area contributed by atoms with Crippen molar-refractivity contribution < 1.29 is 52.8 Å². The van der Waals surface area contributed by atoms with Crippen molar-refractivity contribution in [3.63, 3.8) is 0 Å². The van der Waals surface area contributed by atoms with Crippen LogP contribution in [-0.4, -0.2) is 41.7 Å². The van der Waals surface area contributed by atoms with Gasteiger partial charge < -0.3 is 29.8 Å². The summed E-state index contributed by atoms with van der Waals surface area (Å²) in [6.07, 6.45) is -0.593. The zero-order valence-corrected chi connectivity index (χ0v) is 9.82. The zero-order valence-electron chi connectivity index (χ0n) is 8.03. The second-order valence-electron chi connectivity index (χ2n) is 2.35. The summed E-state index contributed by atoms with van der Waals surface area (Å²) >= 11 is 0. The zero-order chi connectivity index (χ0) is 14.3. The first-order valence-electron chi connectivity index (χ1n) is 3.59. The van der Waals surface area contributed by atoms with Gasteiger partial charge in [-0.1, -0.05) is 0 Å². The van der Waals surface area contributed by atoms with Gasteiger partial charge in [0.1, 0.15) is 0 Å². The van der Waals surface area contributed by atoms with E-state index in [1.54, 1.807) is 0 Å². The van der Waals surface area contributed by atoms with Crippen LogP contribution in [-0.2, 0) is 23.0 Å². The predicted molar refractivity (Wildman–Crippen MR) is 49.7 cm³/mol. The maximum absolute atomic E-state index is 9.64. The van der Waals surface area contributed by atoms with E-state index in [1.165, 1.54) is 0 Å². The normalized spacial score (nSPS) is 11.3. The van der Waals surface area contributed by atoms with Crippen LogP contribution >= 0.6 is 15.6 Å². The van der Waals surface area contributed by atoms with E-state index in [0.717, 1.165) is 0 Å². The SMILES string of the molecule is O=C(O)CCC(=O)O.O=P(O)(O)OP(=O)(O)O. The molecule has 13 heteroatoms. The Kier molecular flexibility index (Phi) is 8.20.